The minimum absolute atomic E-state index is 0.0583. The normalized spacial score (nSPS) is 13.5. The van der Waals surface area contributed by atoms with Crippen molar-refractivity contribution < 1.29 is 9.18 Å². The van der Waals surface area contributed by atoms with Crippen LogP contribution in [0.2, 0.25) is 0 Å². The zero-order valence-electron chi connectivity index (χ0n) is 12.4. The fourth-order valence-corrected chi connectivity index (χ4v) is 2.67. The maximum Gasteiger partial charge on any atom is 0.224 e. The van der Waals surface area contributed by atoms with Crippen LogP contribution in [0.15, 0.2) is 30.6 Å². The number of amides is 1. The first-order chi connectivity index (χ1) is 10.7. The zero-order valence-corrected chi connectivity index (χ0v) is 12.4. The molecule has 1 aromatic heterocycles. The van der Waals surface area contributed by atoms with Crippen LogP contribution in [0.5, 0.6) is 0 Å². The van der Waals surface area contributed by atoms with Gasteiger partial charge in [0.25, 0.3) is 0 Å². The number of rotatable bonds is 4. The Morgan fingerprint density at radius 3 is 3.00 bits per heavy atom. The van der Waals surface area contributed by atoms with Crippen LogP contribution in [0.1, 0.15) is 30.0 Å². The summed E-state index contributed by atoms with van der Waals surface area (Å²) in [6.45, 7) is 2.62. The second kappa shape index (κ2) is 6.13. The van der Waals surface area contributed by atoms with Gasteiger partial charge in [-0.25, -0.2) is 4.39 Å². The number of carbonyl (C=O) groups is 1. The van der Waals surface area contributed by atoms with Gasteiger partial charge in [-0.2, -0.15) is 0 Å². The summed E-state index contributed by atoms with van der Waals surface area (Å²) in [5.41, 5.74) is 4.28. The number of nitrogens with one attached hydrogen (secondary N) is 2. The Hall–Kier alpha value is -2.43. The third-order valence-corrected chi connectivity index (χ3v) is 3.94. The maximum absolute atomic E-state index is 14.2. The molecule has 1 aliphatic heterocycles. The summed E-state index contributed by atoms with van der Waals surface area (Å²) < 4.78 is 14.2. The van der Waals surface area contributed by atoms with E-state index in [0.29, 0.717) is 30.8 Å². The van der Waals surface area contributed by atoms with Gasteiger partial charge in [0, 0.05) is 31.0 Å². The van der Waals surface area contributed by atoms with E-state index in [9.17, 15) is 9.18 Å². The third kappa shape index (κ3) is 2.93. The molecule has 0 aliphatic carbocycles. The van der Waals surface area contributed by atoms with E-state index in [0.717, 1.165) is 23.1 Å². The van der Waals surface area contributed by atoms with Crippen LogP contribution in [0.3, 0.4) is 0 Å². The smallest absolute Gasteiger partial charge is 0.224 e. The van der Waals surface area contributed by atoms with Gasteiger partial charge in [0.05, 0.1) is 5.69 Å². The van der Waals surface area contributed by atoms with Crippen molar-refractivity contribution >= 4 is 17.3 Å². The first kappa shape index (κ1) is 14.5. The second-order valence-electron chi connectivity index (χ2n) is 5.39. The Balaban J connectivity index is 1.80. The molecule has 1 aliphatic rings. The molecule has 3 rings (SSSR count). The minimum Gasteiger partial charge on any atom is -0.379 e. The summed E-state index contributed by atoms with van der Waals surface area (Å²) in [5.74, 6) is -0.412. The predicted octanol–water partition coefficient (Wildman–Crippen LogP) is 3.28. The number of halogens is 1. The maximum atomic E-state index is 14.2. The van der Waals surface area contributed by atoms with Gasteiger partial charge in [0.1, 0.15) is 5.82 Å². The van der Waals surface area contributed by atoms with Crippen LogP contribution >= 0.6 is 0 Å². The standard InChI is InChI=1S/C17H18FN3O/c1-2-11-9-19-6-5-13(11)10-20-16-7-12-3-4-17(22)21-15(12)8-14(16)18/h5-9,20H,2-4,10H2,1H3,(H,21,22). The van der Waals surface area contributed by atoms with Gasteiger partial charge in [-0.05, 0) is 47.7 Å². The van der Waals surface area contributed by atoms with Gasteiger partial charge >= 0.3 is 0 Å². The van der Waals surface area contributed by atoms with Crippen LogP contribution in [0.25, 0.3) is 0 Å². The van der Waals surface area contributed by atoms with E-state index in [1.165, 1.54) is 6.07 Å². The van der Waals surface area contributed by atoms with Gasteiger partial charge in [-0.3, -0.25) is 9.78 Å². The summed E-state index contributed by atoms with van der Waals surface area (Å²) in [4.78, 5) is 15.5. The molecular weight excluding hydrogens is 281 g/mol. The number of aryl methyl sites for hydroxylation is 2. The first-order valence-electron chi connectivity index (χ1n) is 7.45. The second-order valence-corrected chi connectivity index (χ2v) is 5.39. The monoisotopic (exact) mass is 299 g/mol. The molecule has 0 bridgehead atoms. The summed E-state index contributed by atoms with van der Waals surface area (Å²) in [7, 11) is 0. The number of nitrogens with zero attached hydrogens (tertiary/aromatic N) is 1. The highest BCUT2D eigenvalue weighted by Crippen LogP contribution is 2.28. The molecule has 0 radical (unpaired) electrons. The van der Waals surface area contributed by atoms with Crippen molar-refractivity contribution in [3.63, 3.8) is 0 Å². The molecular formula is C17H18FN3O. The van der Waals surface area contributed by atoms with E-state index >= 15 is 0 Å². The average molecular weight is 299 g/mol. The van der Waals surface area contributed by atoms with Crippen molar-refractivity contribution in [1.29, 1.82) is 0 Å². The van der Waals surface area contributed by atoms with E-state index in [2.05, 4.69) is 22.5 Å². The predicted molar refractivity (Wildman–Crippen MR) is 84.3 cm³/mol. The molecule has 5 heteroatoms. The molecule has 1 amide bonds. The minimum atomic E-state index is -0.354. The van der Waals surface area contributed by atoms with E-state index in [1.807, 2.05) is 12.3 Å². The number of pyridine rings is 1. The van der Waals surface area contributed by atoms with Crippen LogP contribution in [-0.2, 0) is 24.2 Å². The third-order valence-electron chi connectivity index (χ3n) is 3.94. The molecule has 2 heterocycles. The summed E-state index contributed by atoms with van der Waals surface area (Å²) >= 11 is 0. The Morgan fingerprint density at radius 2 is 2.18 bits per heavy atom. The number of fused-ring (bicyclic) bond motifs is 1. The molecule has 0 atom stereocenters. The van der Waals surface area contributed by atoms with Gasteiger partial charge in [0.2, 0.25) is 5.91 Å². The number of hydrogen-bond acceptors (Lipinski definition) is 3. The molecule has 0 unspecified atom stereocenters. The number of benzene rings is 1. The highest BCUT2D eigenvalue weighted by atomic mass is 19.1. The highest BCUT2D eigenvalue weighted by molar-refractivity contribution is 5.94. The Bertz CT molecular complexity index is 715. The summed E-state index contributed by atoms with van der Waals surface area (Å²) in [6, 6.07) is 5.13. The lowest BCUT2D eigenvalue weighted by Gasteiger charge is -2.19. The van der Waals surface area contributed by atoms with E-state index in [1.54, 1.807) is 12.3 Å². The summed E-state index contributed by atoms with van der Waals surface area (Å²) in [5, 5.41) is 5.85. The lowest BCUT2D eigenvalue weighted by atomic mass is 10.0. The Kier molecular flexibility index (Phi) is 4.04. The lowest BCUT2D eigenvalue weighted by Crippen LogP contribution is -2.19. The van der Waals surface area contributed by atoms with Gasteiger partial charge in [-0.1, -0.05) is 6.92 Å². The molecule has 4 nitrogen and oxygen atoms in total. The van der Waals surface area contributed by atoms with Crippen molar-refractivity contribution in [2.45, 2.75) is 32.7 Å². The topological polar surface area (TPSA) is 54.0 Å². The van der Waals surface area contributed by atoms with Crippen molar-refractivity contribution in [3.05, 3.63) is 53.1 Å². The van der Waals surface area contributed by atoms with E-state index < -0.39 is 0 Å². The molecule has 114 valence electrons. The molecule has 1 aromatic carbocycles. The van der Waals surface area contributed by atoms with E-state index in [4.69, 9.17) is 0 Å². The van der Waals surface area contributed by atoms with Gasteiger partial charge in [0.15, 0.2) is 0 Å². The fraction of sp³-hybridized carbons (Fsp3) is 0.294. The average Bonchev–Trinajstić information content (AvgIpc) is 2.53. The fourth-order valence-electron chi connectivity index (χ4n) is 2.67. The van der Waals surface area contributed by atoms with Gasteiger partial charge in [-0.15, -0.1) is 0 Å². The molecule has 2 N–H and O–H groups in total. The number of anilines is 2. The van der Waals surface area contributed by atoms with Crippen LogP contribution in [0, 0.1) is 5.82 Å². The van der Waals surface area contributed by atoms with Gasteiger partial charge < -0.3 is 10.6 Å². The molecule has 0 saturated carbocycles. The van der Waals surface area contributed by atoms with Crippen molar-refractivity contribution in [1.82, 2.24) is 4.98 Å². The van der Waals surface area contributed by atoms with Crippen molar-refractivity contribution in [2.75, 3.05) is 10.6 Å². The zero-order chi connectivity index (χ0) is 15.5. The quantitative estimate of drug-likeness (QED) is 0.911. The van der Waals surface area contributed by atoms with Crippen LogP contribution < -0.4 is 10.6 Å². The van der Waals surface area contributed by atoms with E-state index in [-0.39, 0.29) is 11.7 Å². The Labute approximate surface area is 128 Å². The van der Waals surface area contributed by atoms with Crippen LogP contribution in [-0.4, -0.2) is 10.9 Å². The first-order valence-corrected chi connectivity index (χ1v) is 7.45. The summed E-state index contributed by atoms with van der Waals surface area (Å²) in [6.07, 6.45) is 5.57. The number of aromatic nitrogens is 1. The number of carbonyl (C=O) groups excluding carboxylic acids is 1. The molecule has 0 fully saturated rings. The highest BCUT2D eigenvalue weighted by Gasteiger charge is 2.17. The number of hydrogen-bond donors (Lipinski definition) is 2. The lowest BCUT2D eigenvalue weighted by molar-refractivity contribution is -0.116. The Morgan fingerprint density at radius 1 is 1.32 bits per heavy atom. The largest absolute Gasteiger partial charge is 0.379 e. The molecule has 22 heavy (non-hydrogen) atoms. The van der Waals surface area contributed by atoms with Crippen molar-refractivity contribution in [2.24, 2.45) is 0 Å². The van der Waals surface area contributed by atoms with Crippen LogP contribution in [0.4, 0.5) is 15.8 Å². The molecule has 0 spiro atoms. The molecule has 0 saturated heterocycles. The van der Waals surface area contributed by atoms with Crippen molar-refractivity contribution in [3.8, 4) is 0 Å². The SMILES string of the molecule is CCc1cnccc1CNc1cc2c(cc1F)NC(=O)CC2. The molecule has 2 aromatic rings.